The summed E-state index contributed by atoms with van der Waals surface area (Å²) in [6, 6.07) is 25.3. The van der Waals surface area contributed by atoms with E-state index in [0.717, 1.165) is 31.3 Å². The minimum atomic E-state index is -0.852. The number of carbonyl (C=O) groups excluding carboxylic acids is 1. The van der Waals surface area contributed by atoms with Crippen molar-refractivity contribution in [2.24, 2.45) is 0 Å². The van der Waals surface area contributed by atoms with Crippen LogP contribution in [0.15, 0.2) is 78.4 Å². The first-order chi connectivity index (χ1) is 17.6. The highest BCUT2D eigenvalue weighted by molar-refractivity contribution is 5.79. The normalized spacial score (nSPS) is 26.1. The minimum absolute atomic E-state index is 0.0164. The molecule has 2 aliphatic heterocycles. The zero-order chi connectivity index (χ0) is 24.3. The third-order valence-electron chi connectivity index (χ3n) is 8.92. The maximum atomic E-state index is 13.5. The van der Waals surface area contributed by atoms with Gasteiger partial charge in [-0.25, -0.2) is 4.79 Å². The smallest absolute Gasteiger partial charge is 0.410 e. The van der Waals surface area contributed by atoms with E-state index in [2.05, 4.69) is 78.9 Å². The average Bonchev–Trinajstić information content (AvgIpc) is 3.47. The summed E-state index contributed by atoms with van der Waals surface area (Å²) >= 11 is 0. The maximum Gasteiger partial charge on any atom is 0.410 e. The summed E-state index contributed by atoms with van der Waals surface area (Å²) in [6.45, 7) is 0.341. The van der Waals surface area contributed by atoms with Gasteiger partial charge in [0.05, 0.1) is 5.60 Å². The molecule has 2 unspecified atom stereocenters. The fraction of sp³-hybridized carbons (Fsp3) is 0.344. The molecular formula is C32H31NO3. The molecule has 2 aliphatic carbocycles. The molecule has 2 bridgehead atoms. The van der Waals surface area contributed by atoms with E-state index in [9.17, 15) is 9.90 Å². The standard InChI is InChI=1S/C32H31NO3/c34-31(36-20-30-28-14-5-3-12-26(28)27-13-4-6-15-29(27)30)33-24-10-7-11-25(33)19-32(35,18-24)23-16-21-8-1-2-9-22(21)17-23/h1-6,8-9,12-16,24-25,30,35H,7,10-11,17-20H2. The van der Waals surface area contributed by atoms with Gasteiger partial charge in [-0.3, -0.25) is 0 Å². The number of rotatable bonds is 3. The van der Waals surface area contributed by atoms with Crippen molar-refractivity contribution >= 4 is 12.2 Å². The molecule has 2 atom stereocenters. The van der Waals surface area contributed by atoms with Gasteiger partial charge in [-0.15, -0.1) is 0 Å². The topological polar surface area (TPSA) is 49.8 Å². The maximum absolute atomic E-state index is 13.5. The van der Waals surface area contributed by atoms with E-state index >= 15 is 0 Å². The molecule has 2 fully saturated rings. The Morgan fingerprint density at radius 3 is 2.17 bits per heavy atom. The van der Waals surface area contributed by atoms with Crippen LogP contribution in [-0.2, 0) is 11.2 Å². The SMILES string of the molecule is O=C(OCC1c2ccccc2-c2ccccc21)N1C2CCCC1CC(O)(C1=Cc3ccccc3C1)C2. The first kappa shape index (κ1) is 21.9. The van der Waals surface area contributed by atoms with Crippen molar-refractivity contribution in [1.29, 1.82) is 0 Å². The third kappa shape index (κ3) is 3.42. The lowest BCUT2D eigenvalue weighted by Gasteiger charge is -2.51. The summed E-state index contributed by atoms with van der Waals surface area (Å²) in [5, 5.41) is 11.8. The molecule has 0 saturated carbocycles. The largest absolute Gasteiger partial charge is 0.448 e. The Balaban J connectivity index is 1.09. The van der Waals surface area contributed by atoms with Crippen LogP contribution < -0.4 is 0 Å². The first-order valence-electron chi connectivity index (χ1n) is 13.3. The van der Waals surface area contributed by atoms with E-state index in [1.165, 1.54) is 33.4 Å². The second-order valence-corrected chi connectivity index (χ2v) is 10.9. The van der Waals surface area contributed by atoms with E-state index < -0.39 is 5.60 Å². The van der Waals surface area contributed by atoms with Crippen LogP contribution >= 0.6 is 0 Å². The highest BCUT2D eigenvalue weighted by Crippen LogP contribution is 2.47. The summed E-state index contributed by atoms with van der Waals surface area (Å²) in [6.07, 6.45) is 6.87. The quantitative estimate of drug-likeness (QED) is 0.480. The fourth-order valence-electron chi connectivity index (χ4n) is 7.24. The van der Waals surface area contributed by atoms with Gasteiger partial charge < -0.3 is 14.7 Å². The Morgan fingerprint density at radius 2 is 1.50 bits per heavy atom. The summed E-state index contributed by atoms with van der Waals surface area (Å²) in [7, 11) is 0. The van der Waals surface area contributed by atoms with Crippen LogP contribution in [0.25, 0.3) is 17.2 Å². The number of aliphatic hydroxyl groups is 1. The van der Waals surface area contributed by atoms with Crippen LogP contribution in [0.4, 0.5) is 4.79 Å². The van der Waals surface area contributed by atoms with E-state index in [-0.39, 0.29) is 24.1 Å². The molecule has 36 heavy (non-hydrogen) atoms. The Bertz CT molecular complexity index is 1320. The molecule has 182 valence electrons. The van der Waals surface area contributed by atoms with Gasteiger partial charge in [-0.2, -0.15) is 0 Å². The zero-order valence-corrected chi connectivity index (χ0v) is 20.4. The van der Waals surface area contributed by atoms with Crippen molar-refractivity contribution in [3.05, 3.63) is 101 Å². The van der Waals surface area contributed by atoms with Crippen LogP contribution in [0.1, 0.15) is 60.3 Å². The Morgan fingerprint density at radius 1 is 0.889 bits per heavy atom. The van der Waals surface area contributed by atoms with Gasteiger partial charge in [-0.1, -0.05) is 78.9 Å². The number of carbonyl (C=O) groups is 1. The monoisotopic (exact) mass is 477 g/mol. The van der Waals surface area contributed by atoms with E-state index in [1.807, 2.05) is 4.90 Å². The van der Waals surface area contributed by atoms with Gasteiger partial charge >= 0.3 is 6.09 Å². The summed E-state index contributed by atoms with van der Waals surface area (Å²) in [4.78, 5) is 15.5. The molecule has 3 aromatic rings. The van der Waals surface area contributed by atoms with Crippen LogP contribution in [0.5, 0.6) is 0 Å². The van der Waals surface area contributed by atoms with Gasteiger partial charge in [0.2, 0.25) is 0 Å². The molecule has 3 aromatic carbocycles. The Labute approximate surface area is 212 Å². The number of fused-ring (bicyclic) bond motifs is 6. The van der Waals surface area contributed by atoms with Gasteiger partial charge in [0.25, 0.3) is 0 Å². The number of piperidine rings is 2. The predicted molar refractivity (Wildman–Crippen MR) is 141 cm³/mol. The Hall–Kier alpha value is -3.37. The average molecular weight is 478 g/mol. The lowest BCUT2D eigenvalue weighted by molar-refractivity contribution is -0.0650. The predicted octanol–water partition coefficient (Wildman–Crippen LogP) is 6.32. The van der Waals surface area contributed by atoms with Crippen molar-refractivity contribution in [1.82, 2.24) is 4.90 Å². The molecule has 2 heterocycles. The van der Waals surface area contributed by atoms with Crippen molar-refractivity contribution in [3.8, 4) is 11.1 Å². The van der Waals surface area contributed by atoms with Crippen LogP contribution in [-0.4, -0.2) is 40.4 Å². The van der Waals surface area contributed by atoms with Crippen molar-refractivity contribution in [2.75, 3.05) is 6.61 Å². The van der Waals surface area contributed by atoms with Crippen LogP contribution in [0.2, 0.25) is 0 Å². The lowest BCUT2D eigenvalue weighted by atomic mass is 9.72. The number of amides is 1. The number of benzene rings is 3. The molecule has 4 heteroatoms. The van der Waals surface area contributed by atoms with Crippen molar-refractivity contribution in [2.45, 2.75) is 62.1 Å². The van der Waals surface area contributed by atoms with Crippen LogP contribution in [0, 0.1) is 0 Å². The van der Waals surface area contributed by atoms with E-state index in [0.29, 0.717) is 19.4 Å². The first-order valence-corrected chi connectivity index (χ1v) is 13.3. The molecule has 1 N–H and O–H groups in total. The summed E-state index contributed by atoms with van der Waals surface area (Å²) in [5.74, 6) is 0.0602. The number of hydrogen-bond donors (Lipinski definition) is 1. The highest BCUT2D eigenvalue weighted by Gasteiger charge is 2.50. The third-order valence-corrected chi connectivity index (χ3v) is 8.92. The van der Waals surface area contributed by atoms with Gasteiger partial charge in [0.15, 0.2) is 0 Å². The Kier molecular flexibility index (Phi) is 5.07. The minimum Gasteiger partial charge on any atom is -0.448 e. The second kappa shape index (κ2) is 8.35. The molecule has 0 spiro atoms. The molecule has 1 amide bonds. The second-order valence-electron chi connectivity index (χ2n) is 10.9. The van der Waals surface area contributed by atoms with Crippen LogP contribution in [0.3, 0.4) is 0 Å². The molecule has 7 rings (SSSR count). The van der Waals surface area contributed by atoms with Crippen molar-refractivity contribution < 1.29 is 14.6 Å². The summed E-state index contributed by atoms with van der Waals surface area (Å²) in [5.41, 5.74) is 7.68. The molecule has 0 aromatic heterocycles. The van der Waals surface area contributed by atoms with Gasteiger partial charge in [0, 0.05) is 30.8 Å². The van der Waals surface area contributed by atoms with Gasteiger partial charge in [-0.05, 0) is 64.6 Å². The molecule has 2 saturated heterocycles. The zero-order valence-electron chi connectivity index (χ0n) is 20.4. The van der Waals surface area contributed by atoms with Crippen molar-refractivity contribution in [3.63, 3.8) is 0 Å². The fourth-order valence-corrected chi connectivity index (χ4v) is 7.24. The molecule has 0 radical (unpaired) electrons. The molecule has 4 aliphatic rings. The number of ether oxygens (including phenoxy) is 1. The van der Waals surface area contributed by atoms with Gasteiger partial charge in [0.1, 0.15) is 6.61 Å². The van der Waals surface area contributed by atoms with E-state index in [1.54, 1.807) is 0 Å². The van der Waals surface area contributed by atoms with E-state index in [4.69, 9.17) is 4.74 Å². The lowest BCUT2D eigenvalue weighted by Crippen LogP contribution is -2.60. The summed E-state index contributed by atoms with van der Waals surface area (Å²) < 4.78 is 6.05. The molecular weight excluding hydrogens is 446 g/mol. The number of hydrogen-bond acceptors (Lipinski definition) is 3. The highest BCUT2D eigenvalue weighted by atomic mass is 16.6. The molecule has 4 nitrogen and oxygen atoms in total. The number of nitrogens with zero attached hydrogens (tertiary/aromatic N) is 1.